The lowest BCUT2D eigenvalue weighted by atomic mass is 9.99. The highest BCUT2D eigenvalue weighted by atomic mass is 16.7. The third-order valence-electron chi connectivity index (χ3n) is 6.92. The molecule has 0 radical (unpaired) electrons. The van der Waals surface area contributed by atoms with Crippen molar-refractivity contribution in [2.24, 2.45) is 0 Å². The van der Waals surface area contributed by atoms with Gasteiger partial charge in [-0.1, -0.05) is 12.1 Å². The van der Waals surface area contributed by atoms with Crippen LogP contribution in [0.4, 0.5) is 0 Å². The number of hydrogen-bond donors (Lipinski definition) is 9. The highest BCUT2D eigenvalue weighted by Gasteiger charge is 2.46. The number of carbonyl (C=O) groups is 1. The molecule has 1 aliphatic rings. The molecule has 1 saturated heterocycles. The van der Waals surface area contributed by atoms with Gasteiger partial charge in [0.05, 0.1) is 0 Å². The molecule has 45 heavy (non-hydrogen) atoms. The molecule has 236 valence electrons. The Morgan fingerprint density at radius 2 is 1.53 bits per heavy atom. The van der Waals surface area contributed by atoms with Gasteiger partial charge < -0.3 is 64.6 Å². The van der Waals surface area contributed by atoms with Crippen LogP contribution in [-0.2, 0) is 14.3 Å². The predicted molar refractivity (Wildman–Crippen MR) is 152 cm³/mol. The molecule has 15 nitrogen and oxygen atoms in total. The van der Waals surface area contributed by atoms with E-state index in [9.17, 15) is 55.5 Å². The molecule has 1 aromatic heterocycles. The topological polar surface area (TPSA) is 257 Å². The average molecular weight is 627 g/mol. The number of rotatable bonds is 7. The van der Waals surface area contributed by atoms with Crippen molar-refractivity contribution in [3.05, 3.63) is 70.4 Å². The maximum Gasteiger partial charge on any atom is 0.330 e. The van der Waals surface area contributed by atoms with E-state index in [1.54, 1.807) is 12.1 Å². The van der Waals surface area contributed by atoms with Gasteiger partial charge in [-0.25, -0.2) is 4.79 Å². The van der Waals surface area contributed by atoms with Crippen LogP contribution in [0.25, 0.3) is 28.4 Å². The molecule has 1 aliphatic heterocycles. The fraction of sp³-hybridized carbons (Fsp3) is 0.200. The summed E-state index contributed by atoms with van der Waals surface area (Å²) in [6.07, 6.45) is -6.39. The van der Waals surface area contributed by atoms with Gasteiger partial charge in [-0.05, 0) is 42.0 Å². The van der Waals surface area contributed by atoms with Gasteiger partial charge in [0.2, 0.25) is 23.2 Å². The first-order chi connectivity index (χ1) is 21.3. The number of carbonyl (C=O) groups excluding carboxylic acids is 1. The van der Waals surface area contributed by atoms with Gasteiger partial charge in [0, 0.05) is 17.7 Å². The molecule has 9 N–H and O–H groups in total. The molecule has 0 amide bonds. The number of aliphatic hydroxyl groups excluding tert-OH is 3. The molecular formula is C30H26O15. The molecule has 0 spiro atoms. The quantitative estimate of drug-likeness (QED) is 0.0791. The number of aliphatic hydroxyl groups is 3. The van der Waals surface area contributed by atoms with E-state index in [0.717, 1.165) is 24.3 Å². The van der Waals surface area contributed by atoms with Crippen molar-refractivity contribution in [3.8, 4) is 51.6 Å². The summed E-state index contributed by atoms with van der Waals surface area (Å²) in [6.45, 7) is -0.616. The lowest BCUT2D eigenvalue weighted by molar-refractivity contribution is -0.278. The van der Waals surface area contributed by atoms with Crippen LogP contribution in [0.3, 0.4) is 0 Å². The van der Waals surface area contributed by atoms with E-state index in [1.807, 2.05) is 0 Å². The van der Waals surface area contributed by atoms with E-state index in [4.69, 9.17) is 18.6 Å². The van der Waals surface area contributed by atoms with Crippen molar-refractivity contribution >= 4 is 23.0 Å². The molecule has 5 atom stereocenters. The minimum atomic E-state index is -1.93. The summed E-state index contributed by atoms with van der Waals surface area (Å²) in [5.74, 6) is -6.12. The Labute approximate surface area is 251 Å². The standard InChI is InChI=1S/C30H26O15/c31-14-5-1-12(2-6-14)3-8-20(34)42-11-19-23(36)26(39)28(41)30(45-19)44-18-10-17-21(24(37)22(18)35)25(38)27(40)29(43-17)13-4-7-15(32)16(33)9-13/h1-10,19,23,26,28,30-33,35-37,39-41H,11H2/t19-,23-,26+,28-,30-/m1/s1. The fourth-order valence-electron chi connectivity index (χ4n) is 4.48. The van der Waals surface area contributed by atoms with E-state index < -0.39 is 99.9 Å². The Balaban J connectivity index is 1.38. The predicted octanol–water partition coefficient (Wildman–Crippen LogP) is 1.14. The summed E-state index contributed by atoms with van der Waals surface area (Å²) in [4.78, 5) is 25.1. The van der Waals surface area contributed by atoms with Gasteiger partial charge in [-0.15, -0.1) is 0 Å². The van der Waals surface area contributed by atoms with Gasteiger partial charge in [0.25, 0.3) is 0 Å². The smallest absolute Gasteiger partial charge is 0.330 e. The van der Waals surface area contributed by atoms with Crippen LogP contribution in [-0.4, -0.2) is 89.2 Å². The minimum Gasteiger partial charge on any atom is -0.508 e. The molecule has 15 heteroatoms. The van der Waals surface area contributed by atoms with Gasteiger partial charge >= 0.3 is 5.97 Å². The molecule has 0 bridgehead atoms. The van der Waals surface area contributed by atoms with Gasteiger partial charge in [0.1, 0.15) is 47.7 Å². The first-order valence-corrected chi connectivity index (χ1v) is 13.1. The zero-order chi connectivity index (χ0) is 32.6. The summed E-state index contributed by atoms with van der Waals surface area (Å²) in [5, 5.41) is 90.9. The van der Waals surface area contributed by atoms with Gasteiger partial charge in [-0.3, -0.25) is 4.79 Å². The van der Waals surface area contributed by atoms with Crippen LogP contribution in [0.2, 0.25) is 0 Å². The van der Waals surface area contributed by atoms with Gasteiger partial charge in [0.15, 0.2) is 28.8 Å². The Kier molecular flexibility index (Phi) is 8.43. The molecule has 0 saturated carbocycles. The summed E-state index contributed by atoms with van der Waals surface area (Å²) in [6, 6.07) is 10.1. The Hall–Kier alpha value is -5.48. The number of esters is 1. The monoisotopic (exact) mass is 626 g/mol. The van der Waals surface area contributed by atoms with Crippen molar-refractivity contribution in [2.75, 3.05) is 6.61 Å². The van der Waals surface area contributed by atoms with Gasteiger partial charge in [-0.2, -0.15) is 0 Å². The summed E-state index contributed by atoms with van der Waals surface area (Å²) in [5.41, 5.74) is -1.09. The largest absolute Gasteiger partial charge is 0.508 e. The minimum absolute atomic E-state index is 0.0340. The zero-order valence-electron chi connectivity index (χ0n) is 22.8. The number of aromatic hydroxyl groups is 6. The fourth-order valence-corrected chi connectivity index (χ4v) is 4.48. The summed E-state index contributed by atoms with van der Waals surface area (Å²) in [7, 11) is 0. The first kappa shape index (κ1) is 31.0. The van der Waals surface area contributed by atoms with E-state index >= 15 is 0 Å². The normalized spacial score (nSPS) is 21.6. The second-order valence-corrected chi connectivity index (χ2v) is 9.94. The van der Waals surface area contributed by atoms with E-state index in [2.05, 4.69) is 0 Å². The molecule has 0 aliphatic carbocycles. The van der Waals surface area contributed by atoms with Crippen LogP contribution >= 0.6 is 0 Å². The Bertz CT molecular complexity index is 1830. The highest BCUT2D eigenvalue weighted by Crippen LogP contribution is 2.44. The summed E-state index contributed by atoms with van der Waals surface area (Å²) >= 11 is 0. The SMILES string of the molecule is O=C(C=Cc1ccc(O)cc1)OC[C@H]1O[C@@H](Oc2cc3oc(-c4ccc(O)c(O)c4)c(O)c(=O)c3c(O)c2O)[C@H](O)[C@@H](O)[C@@H]1O. The second-order valence-electron chi connectivity index (χ2n) is 9.94. The third kappa shape index (κ3) is 6.13. The maximum absolute atomic E-state index is 12.9. The van der Waals surface area contributed by atoms with Crippen LogP contribution in [0, 0.1) is 0 Å². The van der Waals surface area contributed by atoms with Crippen molar-refractivity contribution in [2.45, 2.75) is 30.7 Å². The van der Waals surface area contributed by atoms with E-state index in [0.29, 0.717) is 5.56 Å². The van der Waals surface area contributed by atoms with Crippen LogP contribution < -0.4 is 10.2 Å². The van der Waals surface area contributed by atoms with E-state index in [-0.39, 0.29) is 11.3 Å². The number of ether oxygens (including phenoxy) is 3. The van der Waals surface area contributed by atoms with Crippen molar-refractivity contribution in [1.82, 2.24) is 0 Å². The summed E-state index contributed by atoms with van der Waals surface area (Å²) < 4.78 is 21.6. The molecule has 0 unspecified atom stereocenters. The lowest BCUT2D eigenvalue weighted by Gasteiger charge is -2.39. The maximum atomic E-state index is 12.9. The molecule has 5 rings (SSSR count). The third-order valence-corrected chi connectivity index (χ3v) is 6.92. The van der Waals surface area contributed by atoms with Crippen LogP contribution in [0.5, 0.6) is 40.2 Å². The Morgan fingerprint density at radius 3 is 2.22 bits per heavy atom. The molecule has 3 aromatic carbocycles. The molecule has 1 fully saturated rings. The molecule has 2 heterocycles. The second kappa shape index (κ2) is 12.3. The molecule has 4 aromatic rings. The van der Waals surface area contributed by atoms with Crippen molar-refractivity contribution < 1.29 is 69.4 Å². The lowest BCUT2D eigenvalue weighted by Crippen LogP contribution is -2.60. The number of fused-ring (bicyclic) bond motifs is 1. The van der Waals surface area contributed by atoms with Crippen LogP contribution in [0.1, 0.15) is 5.56 Å². The van der Waals surface area contributed by atoms with Crippen molar-refractivity contribution in [3.63, 3.8) is 0 Å². The van der Waals surface area contributed by atoms with E-state index in [1.165, 1.54) is 24.3 Å². The van der Waals surface area contributed by atoms with Crippen molar-refractivity contribution in [1.29, 1.82) is 0 Å². The number of phenolic OH excluding ortho intramolecular Hbond substituents is 5. The highest BCUT2D eigenvalue weighted by molar-refractivity contribution is 5.91. The number of hydrogen-bond acceptors (Lipinski definition) is 15. The Morgan fingerprint density at radius 1 is 0.822 bits per heavy atom. The number of phenols is 5. The molecular weight excluding hydrogens is 600 g/mol. The van der Waals surface area contributed by atoms with Crippen LogP contribution in [0.15, 0.2) is 63.8 Å². The zero-order valence-corrected chi connectivity index (χ0v) is 22.8. The first-order valence-electron chi connectivity index (χ1n) is 13.1. The average Bonchev–Trinajstić information content (AvgIpc) is 3.02. The number of benzene rings is 3.